The number of guanidine groups is 1. The van der Waals surface area contributed by atoms with Gasteiger partial charge in [0.25, 0.3) is 0 Å². The van der Waals surface area contributed by atoms with E-state index >= 15 is 0 Å². The summed E-state index contributed by atoms with van der Waals surface area (Å²) in [6, 6.07) is 1.85. The van der Waals surface area contributed by atoms with Crippen LogP contribution in [0, 0.1) is 0 Å². The van der Waals surface area contributed by atoms with Gasteiger partial charge in [0.05, 0.1) is 0 Å². The molecular weight excluding hydrogens is 431 g/mol. The van der Waals surface area contributed by atoms with Crippen molar-refractivity contribution in [1.29, 1.82) is 0 Å². The quantitative estimate of drug-likeness (QED) is 0.276. The molecule has 1 N–H and O–H groups in total. The Morgan fingerprint density at radius 3 is 2.52 bits per heavy atom. The number of hydrogen-bond donors (Lipinski definition) is 1. The van der Waals surface area contributed by atoms with Crippen molar-refractivity contribution in [3.8, 4) is 0 Å². The molecule has 1 saturated heterocycles. The first-order valence-corrected chi connectivity index (χ1v) is 8.89. The largest absolute Gasteiger partial charge is 0.385 e. The molecule has 0 saturated carbocycles. The number of hydrogen-bond acceptors (Lipinski definition) is 5. The molecule has 7 nitrogen and oxygen atoms in total. The second kappa shape index (κ2) is 13.1. The fourth-order valence-corrected chi connectivity index (χ4v) is 2.72. The van der Waals surface area contributed by atoms with Gasteiger partial charge in [-0.25, -0.2) is 9.97 Å². The Hall–Kier alpha value is -1.16. The minimum atomic E-state index is 0. The standard InChI is InChI=1S/C17H30N6O.HI/c1-3-18-16(19-8-5-4-6-15-24-2)22-11-13-23(14-12-22)17-20-9-7-10-21-17;/h7,9-10H,3-6,8,11-15H2,1-2H3,(H,18,19);1H. The normalized spacial score (nSPS) is 15.0. The Balaban J connectivity index is 0.00000312. The molecule has 0 unspecified atom stereocenters. The third kappa shape index (κ3) is 7.72. The summed E-state index contributed by atoms with van der Waals surface area (Å²) in [7, 11) is 1.75. The molecule has 0 atom stereocenters. The van der Waals surface area contributed by atoms with Crippen molar-refractivity contribution in [1.82, 2.24) is 20.2 Å². The molecule has 1 fully saturated rings. The van der Waals surface area contributed by atoms with E-state index in [1.165, 1.54) is 0 Å². The number of piperazine rings is 1. The van der Waals surface area contributed by atoms with Crippen LogP contribution < -0.4 is 10.2 Å². The van der Waals surface area contributed by atoms with Crippen LogP contribution in [0.5, 0.6) is 0 Å². The van der Waals surface area contributed by atoms with Gasteiger partial charge in [-0.05, 0) is 32.3 Å². The zero-order valence-corrected chi connectivity index (χ0v) is 17.7. The number of nitrogens with one attached hydrogen (secondary N) is 1. The molecule has 0 bridgehead atoms. The zero-order valence-electron chi connectivity index (χ0n) is 15.4. The highest BCUT2D eigenvalue weighted by atomic mass is 127. The number of nitrogens with zero attached hydrogens (tertiary/aromatic N) is 5. The predicted molar refractivity (Wildman–Crippen MR) is 113 cm³/mol. The maximum Gasteiger partial charge on any atom is 0.225 e. The monoisotopic (exact) mass is 462 g/mol. The van der Waals surface area contributed by atoms with Crippen molar-refractivity contribution in [3.63, 3.8) is 0 Å². The van der Waals surface area contributed by atoms with E-state index in [9.17, 15) is 0 Å². The lowest BCUT2D eigenvalue weighted by atomic mass is 10.2. The van der Waals surface area contributed by atoms with Gasteiger partial charge in [0.15, 0.2) is 5.96 Å². The maximum atomic E-state index is 5.08. The van der Waals surface area contributed by atoms with E-state index in [-0.39, 0.29) is 24.0 Å². The molecule has 25 heavy (non-hydrogen) atoms. The van der Waals surface area contributed by atoms with E-state index in [2.05, 4.69) is 32.0 Å². The fourth-order valence-electron chi connectivity index (χ4n) is 2.72. The average Bonchev–Trinajstić information content (AvgIpc) is 2.64. The Morgan fingerprint density at radius 1 is 1.16 bits per heavy atom. The molecule has 142 valence electrons. The van der Waals surface area contributed by atoms with Crippen molar-refractivity contribution in [2.24, 2.45) is 4.99 Å². The van der Waals surface area contributed by atoms with Crippen molar-refractivity contribution in [3.05, 3.63) is 18.5 Å². The van der Waals surface area contributed by atoms with Crippen molar-refractivity contribution < 1.29 is 4.74 Å². The molecular formula is C17H31IN6O. The third-order valence-corrected chi connectivity index (χ3v) is 4.02. The smallest absolute Gasteiger partial charge is 0.225 e. The summed E-state index contributed by atoms with van der Waals surface area (Å²) in [5.41, 5.74) is 0. The molecule has 8 heteroatoms. The van der Waals surface area contributed by atoms with Crippen LogP contribution >= 0.6 is 24.0 Å². The summed E-state index contributed by atoms with van der Waals surface area (Å²) in [6.45, 7) is 8.43. The molecule has 1 aromatic rings. The maximum absolute atomic E-state index is 5.08. The highest BCUT2D eigenvalue weighted by Gasteiger charge is 2.20. The molecule has 1 aliphatic heterocycles. The highest BCUT2D eigenvalue weighted by molar-refractivity contribution is 14.0. The van der Waals surface area contributed by atoms with Crippen LogP contribution in [-0.2, 0) is 4.74 Å². The molecule has 0 spiro atoms. The number of methoxy groups -OCH3 is 1. The number of rotatable bonds is 8. The van der Waals surface area contributed by atoms with Crippen LogP contribution in [0.1, 0.15) is 26.2 Å². The van der Waals surface area contributed by atoms with E-state index < -0.39 is 0 Å². The Kier molecular flexibility index (Phi) is 11.5. The van der Waals surface area contributed by atoms with Gasteiger partial charge in [0, 0.05) is 65.4 Å². The van der Waals surface area contributed by atoms with Crippen LogP contribution in [0.4, 0.5) is 5.95 Å². The van der Waals surface area contributed by atoms with Crippen molar-refractivity contribution >= 4 is 35.9 Å². The summed E-state index contributed by atoms with van der Waals surface area (Å²) >= 11 is 0. The number of halogens is 1. The summed E-state index contributed by atoms with van der Waals surface area (Å²) in [5.74, 6) is 1.84. The fraction of sp³-hybridized carbons (Fsp3) is 0.706. The van der Waals surface area contributed by atoms with Crippen molar-refractivity contribution in [2.75, 3.05) is 57.9 Å². The summed E-state index contributed by atoms with van der Waals surface area (Å²) in [5, 5.41) is 3.41. The SMILES string of the molecule is CCNC(=NCCCCCOC)N1CCN(c2ncccn2)CC1.I. The lowest BCUT2D eigenvalue weighted by Gasteiger charge is -2.36. The molecule has 0 aromatic carbocycles. The third-order valence-electron chi connectivity index (χ3n) is 4.02. The predicted octanol–water partition coefficient (Wildman–Crippen LogP) is 2.00. The van der Waals surface area contributed by atoms with Gasteiger partial charge in [0.2, 0.25) is 5.95 Å². The van der Waals surface area contributed by atoms with Gasteiger partial charge in [-0.3, -0.25) is 4.99 Å². The number of anilines is 1. The van der Waals surface area contributed by atoms with Crippen molar-refractivity contribution in [2.45, 2.75) is 26.2 Å². The summed E-state index contributed by atoms with van der Waals surface area (Å²) < 4.78 is 5.08. The Labute approximate surface area is 168 Å². The average molecular weight is 462 g/mol. The van der Waals surface area contributed by atoms with E-state index in [0.717, 1.165) is 77.0 Å². The van der Waals surface area contributed by atoms with Gasteiger partial charge < -0.3 is 19.9 Å². The minimum Gasteiger partial charge on any atom is -0.385 e. The number of aliphatic imine (C=N–C) groups is 1. The van der Waals surface area contributed by atoms with Gasteiger partial charge in [-0.15, -0.1) is 24.0 Å². The summed E-state index contributed by atoms with van der Waals surface area (Å²) in [6.07, 6.45) is 6.97. The van der Waals surface area contributed by atoms with Crippen LogP contribution in [0.3, 0.4) is 0 Å². The highest BCUT2D eigenvalue weighted by Crippen LogP contribution is 2.10. The summed E-state index contributed by atoms with van der Waals surface area (Å²) in [4.78, 5) is 18.0. The van der Waals surface area contributed by atoms with E-state index in [4.69, 9.17) is 9.73 Å². The Bertz CT molecular complexity index is 479. The Morgan fingerprint density at radius 2 is 1.88 bits per heavy atom. The van der Waals surface area contributed by atoms with Crippen LogP contribution in [0.2, 0.25) is 0 Å². The van der Waals surface area contributed by atoms with E-state index in [0.29, 0.717) is 0 Å². The molecule has 1 aromatic heterocycles. The van der Waals surface area contributed by atoms with Gasteiger partial charge in [-0.2, -0.15) is 0 Å². The first-order chi connectivity index (χ1) is 11.8. The second-order valence-corrected chi connectivity index (χ2v) is 5.81. The topological polar surface area (TPSA) is 65.9 Å². The van der Waals surface area contributed by atoms with Crippen LogP contribution in [0.15, 0.2) is 23.5 Å². The van der Waals surface area contributed by atoms with E-state index in [1.54, 1.807) is 19.5 Å². The molecule has 0 amide bonds. The molecule has 0 aliphatic carbocycles. The molecule has 1 aliphatic rings. The lowest BCUT2D eigenvalue weighted by Crippen LogP contribution is -2.53. The van der Waals surface area contributed by atoms with Crippen LogP contribution in [0.25, 0.3) is 0 Å². The number of aromatic nitrogens is 2. The number of unbranched alkanes of at least 4 members (excludes halogenated alkanes) is 2. The van der Waals surface area contributed by atoms with Gasteiger partial charge >= 0.3 is 0 Å². The second-order valence-electron chi connectivity index (χ2n) is 5.81. The molecule has 0 radical (unpaired) electrons. The van der Waals surface area contributed by atoms with E-state index in [1.807, 2.05) is 6.07 Å². The molecule has 2 heterocycles. The molecule has 2 rings (SSSR count). The van der Waals surface area contributed by atoms with Gasteiger partial charge in [-0.1, -0.05) is 0 Å². The lowest BCUT2D eigenvalue weighted by molar-refractivity contribution is 0.192. The van der Waals surface area contributed by atoms with Crippen LogP contribution in [-0.4, -0.2) is 73.8 Å². The first kappa shape index (κ1) is 21.9. The number of ether oxygens (including phenoxy) is 1. The minimum absolute atomic E-state index is 0. The first-order valence-electron chi connectivity index (χ1n) is 8.89. The zero-order chi connectivity index (χ0) is 17.0. The van der Waals surface area contributed by atoms with Gasteiger partial charge in [0.1, 0.15) is 0 Å².